The first-order chi connectivity index (χ1) is 6.85. The predicted molar refractivity (Wildman–Crippen MR) is 66.5 cm³/mol. The minimum atomic E-state index is 0.905. The van der Waals surface area contributed by atoms with Gasteiger partial charge < -0.3 is 0 Å². The highest BCUT2D eigenvalue weighted by Gasteiger charge is 2.04. The minimum Gasteiger partial charge on any atom is -0.0917 e. The lowest BCUT2D eigenvalue weighted by molar-refractivity contribution is 0.441. The molecule has 0 fully saturated rings. The zero-order valence-corrected chi connectivity index (χ0v) is 10.1. The molecule has 1 unspecified atom stereocenters. The van der Waals surface area contributed by atoms with E-state index in [1.807, 2.05) is 0 Å². The van der Waals surface area contributed by atoms with Gasteiger partial charge in [-0.1, -0.05) is 50.5 Å². The van der Waals surface area contributed by atoms with Gasteiger partial charge in [0.2, 0.25) is 0 Å². The third-order valence-corrected chi connectivity index (χ3v) is 2.65. The highest BCUT2D eigenvalue weighted by atomic mass is 14.1. The SMILES string of the molecule is CC=CCCC(CC=CC)CCCC. The van der Waals surface area contributed by atoms with E-state index >= 15 is 0 Å². The van der Waals surface area contributed by atoms with Gasteiger partial charge in [0.25, 0.3) is 0 Å². The lowest BCUT2D eigenvalue weighted by atomic mass is 9.93. The van der Waals surface area contributed by atoms with Gasteiger partial charge in [0.1, 0.15) is 0 Å². The Morgan fingerprint density at radius 1 is 1.00 bits per heavy atom. The topological polar surface area (TPSA) is 0 Å². The van der Waals surface area contributed by atoms with E-state index in [2.05, 4.69) is 45.1 Å². The summed E-state index contributed by atoms with van der Waals surface area (Å²) in [5.74, 6) is 0.905. The summed E-state index contributed by atoms with van der Waals surface area (Å²) in [4.78, 5) is 0. The van der Waals surface area contributed by atoms with Crippen LogP contribution in [0.5, 0.6) is 0 Å². The van der Waals surface area contributed by atoms with Crippen molar-refractivity contribution in [1.29, 1.82) is 0 Å². The lowest BCUT2D eigenvalue weighted by Gasteiger charge is -2.13. The number of unbranched alkanes of at least 4 members (excludes halogenated alkanes) is 1. The molecule has 0 heteroatoms. The van der Waals surface area contributed by atoms with Crippen LogP contribution < -0.4 is 0 Å². The number of hydrogen-bond acceptors (Lipinski definition) is 0. The van der Waals surface area contributed by atoms with Crippen LogP contribution in [-0.4, -0.2) is 0 Å². The molecule has 0 aliphatic rings. The summed E-state index contributed by atoms with van der Waals surface area (Å²) >= 11 is 0. The second-order valence-electron chi connectivity index (χ2n) is 3.96. The summed E-state index contributed by atoms with van der Waals surface area (Å²) in [5.41, 5.74) is 0. The van der Waals surface area contributed by atoms with Gasteiger partial charge >= 0.3 is 0 Å². The van der Waals surface area contributed by atoms with Crippen molar-refractivity contribution in [2.45, 2.75) is 59.3 Å². The van der Waals surface area contributed by atoms with E-state index in [1.165, 1.54) is 38.5 Å². The van der Waals surface area contributed by atoms with Gasteiger partial charge in [-0.2, -0.15) is 0 Å². The summed E-state index contributed by atoms with van der Waals surface area (Å²) in [6, 6.07) is 0. The fraction of sp³-hybridized carbons (Fsp3) is 0.714. The van der Waals surface area contributed by atoms with Crippen molar-refractivity contribution in [2.75, 3.05) is 0 Å². The fourth-order valence-corrected chi connectivity index (χ4v) is 1.70. The van der Waals surface area contributed by atoms with Gasteiger partial charge in [0.15, 0.2) is 0 Å². The largest absolute Gasteiger partial charge is 0.0917 e. The maximum atomic E-state index is 2.32. The molecule has 0 radical (unpaired) electrons. The third-order valence-electron chi connectivity index (χ3n) is 2.65. The maximum Gasteiger partial charge on any atom is -0.0322 e. The molecule has 0 aliphatic carbocycles. The van der Waals surface area contributed by atoms with Crippen LogP contribution in [0.4, 0.5) is 0 Å². The fourth-order valence-electron chi connectivity index (χ4n) is 1.70. The van der Waals surface area contributed by atoms with Crippen LogP contribution in [-0.2, 0) is 0 Å². The molecule has 14 heavy (non-hydrogen) atoms. The highest BCUT2D eigenvalue weighted by molar-refractivity contribution is 4.83. The summed E-state index contributed by atoms with van der Waals surface area (Å²) in [6.45, 7) is 6.49. The molecule has 0 saturated heterocycles. The van der Waals surface area contributed by atoms with Crippen LogP contribution in [0.25, 0.3) is 0 Å². The van der Waals surface area contributed by atoms with Gasteiger partial charge in [-0.25, -0.2) is 0 Å². The Morgan fingerprint density at radius 2 is 1.71 bits per heavy atom. The Hall–Kier alpha value is -0.520. The van der Waals surface area contributed by atoms with E-state index in [4.69, 9.17) is 0 Å². The van der Waals surface area contributed by atoms with E-state index in [1.54, 1.807) is 0 Å². The van der Waals surface area contributed by atoms with E-state index < -0.39 is 0 Å². The summed E-state index contributed by atoms with van der Waals surface area (Å²) in [5, 5.41) is 0. The van der Waals surface area contributed by atoms with Gasteiger partial charge in [-0.15, -0.1) is 0 Å². The Morgan fingerprint density at radius 3 is 2.29 bits per heavy atom. The minimum absolute atomic E-state index is 0.905. The molecule has 0 rings (SSSR count). The zero-order valence-electron chi connectivity index (χ0n) is 10.1. The van der Waals surface area contributed by atoms with Crippen LogP contribution in [0, 0.1) is 5.92 Å². The Labute approximate surface area is 90.1 Å². The molecular weight excluding hydrogens is 168 g/mol. The number of rotatable bonds is 8. The van der Waals surface area contributed by atoms with Crippen LogP contribution >= 0.6 is 0 Å². The van der Waals surface area contributed by atoms with Gasteiger partial charge in [0, 0.05) is 0 Å². The summed E-state index contributed by atoms with van der Waals surface area (Å²) in [7, 11) is 0. The molecule has 0 spiro atoms. The second kappa shape index (κ2) is 10.6. The van der Waals surface area contributed by atoms with Gasteiger partial charge in [-0.3, -0.25) is 0 Å². The molecule has 0 aromatic carbocycles. The molecule has 0 aromatic heterocycles. The third kappa shape index (κ3) is 8.10. The molecule has 0 heterocycles. The quantitative estimate of drug-likeness (QED) is 0.471. The molecule has 0 amide bonds. The van der Waals surface area contributed by atoms with Crippen LogP contribution in [0.3, 0.4) is 0 Å². The first-order valence-electron chi connectivity index (χ1n) is 6.07. The average molecular weight is 194 g/mol. The van der Waals surface area contributed by atoms with Crippen molar-refractivity contribution in [3.8, 4) is 0 Å². The molecule has 0 saturated carbocycles. The smallest absolute Gasteiger partial charge is 0.0322 e. The molecule has 0 bridgehead atoms. The molecule has 0 N–H and O–H groups in total. The molecule has 1 atom stereocenters. The summed E-state index contributed by atoms with van der Waals surface area (Å²) in [6.07, 6.45) is 16.9. The average Bonchev–Trinajstić information content (AvgIpc) is 2.21. The zero-order chi connectivity index (χ0) is 10.6. The molecule has 0 nitrogen and oxygen atoms in total. The van der Waals surface area contributed by atoms with Gasteiger partial charge in [-0.05, 0) is 39.0 Å². The van der Waals surface area contributed by atoms with Crippen molar-refractivity contribution in [3.63, 3.8) is 0 Å². The first kappa shape index (κ1) is 13.5. The van der Waals surface area contributed by atoms with Crippen molar-refractivity contribution < 1.29 is 0 Å². The van der Waals surface area contributed by atoms with E-state index in [9.17, 15) is 0 Å². The Balaban J connectivity index is 3.71. The standard InChI is InChI=1S/C14H26/c1-4-7-10-13-14(11-8-5-2)12-9-6-3/h4-5,7-8,14H,6,9-13H2,1-3H3. The first-order valence-corrected chi connectivity index (χ1v) is 6.07. The lowest BCUT2D eigenvalue weighted by Crippen LogP contribution is -1.98. The maximum absolute atomic E-state index is 2.32. The van der Waals surface area contributed by atoms with Crippen molar-refractivity contribution in [3.05, 3.63) is 24.3 Å². The van der Waals surface area contributed by atoms with Crippen LogP contribution in [0.2, 0.25) is 0 Å². The molecular formula is C14H26. The monoisotopic (exact) mass is 194 g/mol. The Kier molecular flexibility index (Phi) is 10.2. The van der Waals surface area contributed by atoms with Crippen LogP contribution in [0.15, 0.2) is 24.3 Å². The van der Waals surface area contributed by atoms with Crippen molar-refractivity contribution in [1.82, 2.24) is 0 Å². The van der Waals surface area contributed by atoms with Crippen molar-refractivity contribution >= 4 is 0 Å². The summed E-state index contributed by atoms with van der Waals surface area (Å²) < 4.78 is 0. The van der Waals surface area contributed by atoms with E-state index in [-0.39, 0.29) is 0 Å². The number of hydrogen-bond donors (Lipinski definition) is 0. The highest BCUT2D eigenvalue weighted by Crippen LogP contribution is 2.19. The number of allylic oxidation sites excluding steroid dienone is 4. The predicted octanol–water partition coefficient (Wildman–Crippen LogP) is 5.12. The molecule has 0 aliphatic heterocycles. The molecule has 0 aromatic rings. The van der Waals surface area contributed by atoms with Crippen molar-refractivity contribution in [2.24, 2.45) is 5.92 Å². The normalized spacial score (nSPS) is 14.2. The van der Waals surface area contributed by atoms with Gasteiger partial charge in [0.05, 0.1) is 0 Å². The van der Waals surface area contributed by atoms with E-state index in [0.29, 0.717) is 0 Å². The second-order valence-corrected chi connectivity index (χ2v) is 3.96. The molecule has 82 valence electrons. The Bertz CT molecular complexity index is 153. The van der Waals surface area contributed by atoms with Crippen LogP contribution in [0.1, 0.15) is 59.3 Å². The van der Waals surface area contributed by atoms with E-state index in [0.717, 1.165) is 5.92 Å².